The maximum atomic E-state index is 13.6. The first-order valence-electron chi connectivity index (χ1n) is 11.3. The van der Waals surface area contributed by atoms with E-state index in [0.29, 0.717) is 17.7 Å². The molecule has 2 aromatic carbocycles. The molecule has 0 fully saturated rings. The second-order valence-electron chi connectivity index (χ2n) is 8.42. The lowest BCUT2D eigenvalue weighted by molar-refractivity contribution is -0.906. The minimum atomic E-state index is 0. The highest BCUT2D eigenvalue weighted by Gasteiger charge is 2.24. The molecule has 4 nitrogen and oxygen atoms in total. The number of hydrogen-bond acceptors (Lipinski definition) is 3. The van der Waals surface area contributed by atoms with Crippen molar-refractivity contribution in [1.82, 2.24) is 0 Å². The van der Waals surface area contributed by atoms with E-state index in [1.807, 2.05) is 36.4 Å². The van der Waals surface area contributed by atoms with E-state index in [1.165, 1.54) is 0 Å². The van der Waals surface area contributed by atoms with Crippen LogP contribution in [-0.2, 0) is 6.42 Å². The number of rotatable bonds is 11. The number of para-hydroxylation sites is 1. The number of carbonyl (C=O) groups is 1. The molecule has 1 heterocycles. The molecule has 0 unspecified atom stereocenters. The van der Waals surface area contributed by atoms with E-state index in [-0.39, 0.29) is 29.8 Å². The van der Waals surface area contributed by atoms with Gasteiger partial charge in [-0.05, 0) is 83.6 Å². The molecule has 0 N–H and O–H groups in total. The van der Waals surface area contributed by atoms with Crippen LogP contribution in [0.2, 0.25) is 0 Å². The molecule has 180 valence electrons. The van der Waals surface area contributed by atoms with Crippen LogP contribution in [0.25, 0.3) is 11.0 Å². The van der Waals surface area contributed by atoms with Gasteiger partial charge in [-0.1, -0.05) is 31.5 Å². The zero-order chi connectivity index (χ0) is 23.3. The lowest BCUT2D eigenvalue weighted by Crippen LogP contribution is -3.00. The topological polar surface area (TPSA) is 39.4 Å². The molecule has 1 aromatic heterocycles. The molecule has 3 rings (SSSR count). The largest absolute Gasteiger partial charge is 1.00 e. The second kappa shape index (κ2) is 13.1. The molecule has 0 saturated heterocycles. The van der Waals surface area contributed by atoms with Crippen LogP contribution in [0.3, 0.4) is 0 Å². The van der Waals surface area contributed by atoms with Gasteiger partial charge in [-0.3, -0.25) is 4.79 Å². The van der Waals surface area contributed by atoms with Gasteiger partial charge in [0.15, 0.2) is 5.78 Å². The Hall–Kier alpha value is -0.400. The molecule has 0 aliphatic carbocycles. The normalized spacial score (nSPS) is 11.5. The Morgan fingerprint density at radius 3 is 2.30 bits per heavy atom. The van der Waals surface area contributed by atoms with E-state index >= 15 is 0 Å². The fraction of sp³-hybridized carbons (Fsp3) is 0.423. The number of hydrogen-bond donors (Lipinski definition) is 0. The quantitative estimate of drug-likeness (QED) is 0.167. The third-order valence-electron chi connectivity index (χ3n) is 6.32. The summed E-state index contributed by atoms with van der Waals surface area (Å²) in [7, 11) is 2.26. The summed E-state index contributed by atoms with van der Waals surface area (Å²) in [6, 6.07) is 11.7. The number of aryl methyl sites for hydroxylation is 1. The predicted octanol–water partition coefficient (Wildman–Crippen LogP) is 4.08. The predicted molar refractivity (Wildman–Crippen MR) is 148 cm³/mol. The van der Waals surface area contributed by atoms with Crippen LogP contribution in [0.15, 0.2) is 40.8 Å². The van der Waals surface area contributed by atoms with Crippen molar-refractivity contribution < 1.29 is 42.4 Å². The van der Waals surface area contributed by atoms with Crippen molar-refractivity contribution in [2.75, 3.05) is 33.3 Å². The van der Waals surface area contributed by atoms with Crippen molar-refractivity contribution in [2.45, 2.75) is 40.0 Å². The molecule has 0 atom stereocenters. The maximum absolute atomic E-state index is 13.6. The summed E-state index contributed by atoms with van der Waals surface area (Å²) < 4.78 is 15.2. The summed E-state index contributed by atoms with van der Waals surface area (Å²) >= 11 is 4.56. The van der Waals surface area contributed by atoms with Gasteiger partial charge in [0.1, 0.15) is 30.2 Å². The summed E-state index contributed by atoms with van der Waals surface area (Å²) in [5.74, 6) is 1.67. The van der Waals surface area contributed by atoms with E-state index in [9.17, 15) is 4.79 Å². The average molecular weight is 787 g/mol. The first-order chi connectivity index (χ1) is 15.3. The molecule has 0 amide bonds. The van der Waals surface area contributed by atoms with Gasteiger partial charge in [0.2, 0.25) is 0 Å². The number of ether oxygens (including phenoxy) is 1. The van der Waals surface area contributed by atoms with Gasteiger partial charge in [-0.25, -0.2) is 0 Å². The number of carbonyl (C=O) groups excluding carboxylic acids is 1. The third-order valence-corrected chi connectivity index (χ3v) is 7.92. The number of likely N-dealkylation sites (N-methyl/N-ethyl adjacent to an activating group) is 1. The van der Waals surface area contributed by atoms with Gasteiger partial charge in [0, 0.05) is 17.4 Å². The summed E-state index contributed by atoms with van der Waals surface area (Å²) in [5.41, 5.74) is 2.16. The Balaban J connectivity index is 0.00000385. The van der Waals surface area contributed by atoms with Gasteiger partial charge < -0.3 is 37.6 Å². The Morgan fingerprint density at radius 2 is 1.70 bits per heavy atom. The molecule has 7 heteroatoms. The van der Waals surface area contributed by atoms with E-state index in [2.05, 4.69) is 73.0 Å². The average Bonchev–Trinajstić information content (AvgIpc) is 3.16. The van der Waals surface area contributed by atoms with E-state index < -0.39 is 0 Å². The Labute approximate surface area is 241 Å². The van der Waals surface area contributed by atoms with Crippen LogP contribution in [0.1, 0.15) is 55.3 Å². The minimum absolute atomic E-state index is 0. The lowest BCUT2D eigenvalue weighted by Gasteiger charge is -2.32. The van der Waals surface area contributed by atoms with Crippen molar-refractivity contribution in [3.63, 3.8) is 0 Å². The highest BCUT2D eigenvalue weighted by molar-refractivity contribution is 14.1. The van der Waals surface area contributed by atoms with Gasteiger partial charge >= 0.3 is 0 Å². The van der Waals surface area contributed by atoms with Crippen LogP contribution < -0.4 is 28.7 Å². The molecule has 0 aliphatic heterocycles. The first kappa shape index (κ1) is 28.8. The van der Waals surface area contributed by atoms with Crippen molar-refractivity contribution in [3.05, 3.63) is 60.4 Å². The van der Waals surface area contributed by atoms with Gasteiger partial charge in [0.05, 0.1) is 32.8 Å². The number of benzene rings is 2. The molecule has 0 bridgehead atoms. The molecule has 0 spiro atoms. The number of fused-ring (bicyclic) bond motifs is 1. The molecule has 33 heavy (non-hydrogen) atoms. The summed E-state index contributed by atoms with van der Waals surface area (Å²) in [6.07, 6.45) is 2.82. The van der Waals surface area contributed by atoms with Crippen molar-refractivity contribution in [2.24, 2.45) is 0 Å². The molecular formula is C26H32I3NO3. The van der Waals surface area contributed by atoms with Crippen LogP contribution >= 0.6 is 45.2 Å². The van der Waals surface area contributed by atoms with Crippen molar-refractivity contribution >= 4 is 61.9 Å². The Bertz CT molecular complexity index is 1070. The SMILES string of the molecule is CCCCc1oc2ccccc2c1C(=O)c1cc(I)c(OCC[N+](C)(CC)CC)c(I)c1.[I-]. The van der Waals surface area contributed by atoms with Crippen LogP contribution in [0, 0.1) is 7.14 Å². The molecule has 0 aliphatic rings. The third kappa shape index (κ3) is 6.84. The molecule has 0 saturated carbocycles. The Morgan fingerprint density at radius 1 is 1.06 bits per heavy atom. The lowest BCUT2D eigenvalue weighted by atomic mass is 9.98. The molecule has 0 radical (unpaired) electrons. The van der Waals surface area contributed by atoms with Gasteiger partial charge in [-0.15, -0.1) is 0 Å². The number of ketones is 1. The standard InChI is InChI=1S/C26H32I2NO3.HI/c1-5-8-12-23-24(19-11-9-10-13-22(19)32-23)25(30)18-16-20(27)26(21(28)17-18)31-15-14-29(4,6-2)7-3;/h9-11,13,16-17H,5-8,12,14-15H2,1-4H3;1H/q+1;/p-1. The zero-order valence-electron chi connectivity index (χ0n) is 19.7. The number of halogens is 3. The van der Waals surface area contributed by atoms with Crippen molar-refractivity contribution in [3.8, 4) is 5.75 Å². The molecule has 3 aromatic rings. The zero-order valence-corrected chi connectivity index (χ0v) is 26.2. The highest BCUT2D eigenvalue weighted by atomic mass is 127. The maximum Gasteiger partial charge on any atom is 0.197 e. The summed E-state index contributed by atoms with van der Waals surface area (Å²) in [4.78, 5) is 13.6. The van der Waals surface area contributed by atoms with Crippen LogP contribution in [-0.4, -0.2) is 43.6 Å². The molecular weight excluding hydrogens is 755 g/mol. The highest BCUT2D eigenvalue weighted by Crippen LogP contribution is 2.33. The van der Waals surface area contributed by atoms with Gasteiger partial charge in [0.25, 0.3) is 0 Å². The number of nitrogens with zero attached hydrogens (tertiary/aromatic N) is 1. The van der Waals surface area contributed by atoms with Crippen LogP contribution in [0.5, 0.6) is 5.75 Å². The van der Waals surface area contributed by atoms with E-state index in [1.54, 1.807) is 0 Å². The number of furan rings is 1. The van der Waals surface area contributed by atoms with Crippen molar-refractivity contribution in [1.29, 1.82) is 0 Å². The summed E-state index contributed by atoms with van der Waals surface area (Å²) in [6.45, 7) is 10.4. The van der Waals surface area contributed by atoms with E-state index in [0.717, 1.165) is 73.0 Å². The number of quaternary nitrogens is 1. The minimum Gasteiger partial charge on any atom is -1.00 e. The van der Waals surface area contributed by atoms with Crippen LogP contribution in [0.4, 0.5) is 0 Å². The fourth-order valence-corrected chi connectivity index (χ4v) is 5.82. The first-order valence-corrected chi connectivity index (χ1v) is 13.5. The monoisotopic (exact) mass is 787 g/mol. The summed E-state index contributed by atoms with van der Waals surface area (Å²) in [5, 5.41) is 0.894. The fourth-order valence-electron chi connectivity index (χ4n) is 3.74. The van der Waals surface area contributed by atoms with Gasteiger partial charge in [-0.2, -0.15) is 0 Å². The Kier molecular flexibility index (Phi) is 11.4. The number of unbranched alkanes of at least 4 members (excludes halogenated alkanes) is 1. The smallest absolute Gasteiger partial charge is 0.197 e. The second-order valence-corrected chi connectivity index (χ2v) is 10.7. The van der Waals surface area contributed by atoms with E-state index in [4.69, 9.17) is 9.15 Å².